The van der Waals surface area contributed by atoms with E-state index in [-0.39, 0.29) is 6.08 Å². The van der Waals surface area contributed by atoms with Crippen molar-refractivity contribution >= 4 is 5.97 Å². The summed E-state index contributed by atoms with van der Waals surface area (Å²) in [6.45, 7) is -4.84. The van der Waals surface area contributed by atoms with Crippen LogP contribution in [0, 0.1) is 0 Å². The van der Waals surface area contributed by atoms with Gasteiger partial charge in [0.2, 0.25) is 5.67 Å². The van der Waals surface area contributed by atoms with Crippen LogP contribution in [0.25, 0.3) is 0 Å². The first-order valence-corrected chi connectivity index (χ1v) is 6.84. The molecule has 0 aliphatic heterocycles. The maximum atomic E-state index is 14.4. The largest absolute Gasteiger partial charge is 0.418 e. The van der Waals surface area contributed by atoms with E-state index in [1.54, 1.807) is 0 Å². The van der Waals surface area contributed by atoms with E-state index in [4.69, 9.17) is 0 Å². The third kappa shape index (κ3) is 2.60. The van der Waals surface area contributed by atoms with E-state index in [2.05, 4.69) is 11.3 Å². The number of hydrogen-bond donors (Lipinski definition) is 0. The van der Waals surface area contributed by atoms with Crippen molar-refractivity contribution in [3.63, 3.8) is 0 Å². The average Bonchev–Trinajstić information content (AvgIpc) is 2.58. The van der Waals surface area contributed by atoms with E-state index in [0.717, 1.165) is 0 Å². The number of halogens is 13. The molecule has 3 atom stereocenters. The SMILES string of the molecule is C=CC(=O)OC1(F)CC(F)(CF)C(F)(F)C(F)(CF)C(F)(F)C(F)(F)C1(F)F. The zero-order valence-corrected chi connectivity index (χ0v) is 13.1. The van der Waals surface area contributed by atoms with Crippen LogP contribution >= 0.6 is 0 Å². The molecule has 0 saturated heterocycles. The lowest BCUT2D eigenvalue weighted by atomic mass is 9.71. The van der Waals surface area contributed by atoms with Gasteiger partial charge < -0.3 is 4.74 Å². The molecule has 0 aromatic rings. The van der Waals surface area contributed by atoms with Crippen LogP contribution in [0.15, 0.2) is 12.7 Å². The van der Waals surface area contributed by atoms with Gasteiger partial charge >= 0.3 is 35.5 Å². The predicted molar refractivity (Wildman–Crippen MR) is 64.2 cm³/mol. The molecule has 0 bridgehead atoms. The number of rotatable bonds is 4. The second kappa shape index (κ2) is 6.40. The smallest absolute Gasteiger partial charge is 0.384 e. The normalized spacial score (nSPS) is 38.8. The first kappa shape index (κ1) is 24.3. The zero-order valence-electron chi connectivity index (χ0n) is 13.1. The highest BCUT2D eigenvalue weighted by Gasteiger charge is 2.94. The van der Waals surface area contributed by atoms with Gasteiger partial charge in [-0.3, -0.25) is 0 Å². The maximum absolute atomic E-state index is 14.4. The highest BCUT2D eigenvalue weighted by Crippen LogP contribution is 2.65. The summed E-state index contributed by atoms with van der Waals surface area (Å²) in [5.41, 5.74) is -12.5. The molecule has 2 nitrogen and oxygen atoms in total. The van der Waals surface area contributed by atoms with E-state index in [0.29, 0.717) is 0 Å². The van der Waals surface area contributed by atoms with Crippen LogP contribution in [0.1, 0.15) is 6.42 Å². The molecule has 28 heavy (non-hydrogen) atoms. The Morgan fingerprint density at radius 1 is 0.786 bits per heavy atom. The number of esters is 1. The summed E-state index contributed by atoms with van der Waals surface area (Å²) >= 11 is 0. The molecule has 164 valence electrons. The molecule has 0 amide bonds. The molecular weight excluding hydrogens is 435 g/mol. The highest BCUT2D eigenvalue weighted by atomic mass is 19.4. The van der Waals surface area contributed by atoms with Crippen LogP contribution in [0.4, 0.5) is 57.1 Å². The fraction of sp³-hybridized carbons (Fsp3) is 0.769. The molecule has 1 saturated carbocycles. The third-order valence-electron chi connectivity index (χ3n) is 4.15. The summed E-state index contributed by atoms with van der Waals surface area (Å²) in [5.74, 6) is -37.5. The fourth-order valence-electron chi connectivity index (χ4n) is 2.42. The van der Waals surface area contributed by atoms with Gasteiger partial charge in [0.05, 0.1) is 6.42 Å². The minimum Gasteiger partial charge on any atom is -0.418 e. The summed E-state index contributed by atoms with van der Waals surface area (Å²) in [4.78, 5) is 10.9. The summed E-state index contributed by atoms with van der Waals surface area (Å²) < 4.78 is 182. The van der Waals surface area contributed by atoms with Crippen molar-refractivity contribution in [3.8, 4) is 0 Å². The molecule has 3 unspecified atom stereocenters. The molecule has 0 radical (unpaired) electrons. The van der Waals surface area contributed by atoms with E-state index >= 15 is 0 Å². The molecule has 0 spiro atoms. The molecule has 15 heteroatoms. The lowest BCUT2D eigenvalue weighted by Crippen LogP contribution is -2.80. The fourth-order valence-corrected chi connectivity index (χ4v) is 2.42. The second-order valence-corrected chi connectivity index (χ2v) is 5.86. The van der Waals surface area contributed by atoms with Crippen LogP contribution in [0.2, 0.25) is 0 Å². The number of ether oxygens (including phenoxy) is 1. The van der Waals surface area contributed by atoms with E-state index in [9.17, 15) is 61.9 Å². The van der Waals surface area contributed by atoms with Gasteiger partial charge in [0.15, 0.2) is 0 Å². The minimum absolute atomic E-state index is 0.235. The number of carbonyl (C=O) groups excluding carboxylic acids is 1. The van der Waals surface area contributed by atoms with Gasteiger partial charge in [0.1, 0.15) is 13.3 Å². The molecule has 1 rings (SSSR count). The number of hydrogen-bond acceptors (Lipinski definition) is 2. The Balaban J connectivity index is 4.01. The molecule has 0 aromatic heterocycles. The number of carbonyl (C=O) groups is 1. The Bertz CT molecular complexity index is 650. The van der Waals surface area contributed by atoms with Gasteiger partial charge in [-0.2, -0.15) is 39.5 Å². The summed E-state index contributed by atoms with van der Waals surface area (Å²) in [7, 11) is 0. The monoisotopic (exact) mass is 444 g/mol. The van der Waals surface area contributed by atoms with E-state index < -0.39 is 66.6 Å². The lowest BCUT2D eigenvalue weighted by molar-refractivity contribution is -0.442. The van der Waals surface area contributed by atoms with Crippen molar-refractivity contribution in [2.45, 2.75) is 47.3 Å². The molecule has 0 N–H and O–H groups in total. The molecule has 0 aromatic carbocycles. The van der Waals surface area contributed by atoms with Crippen molar-refractivity contribution in [1.82, 2.24) is 0 Å². The van der Waals surface area contributed by atoms with Gasteiger partial charge in [-0.05, 0) is 0 Å². The quantitative estimate of drug-likeness (QED) is 0.358. The molecule has 1 fully saturated rings. The Hall–Kier alpha value is -1.70. The molecular formula is C13H9F13O2. The summed E-state index contributed by atoms with van der Waals surface area (Å²) in [6.07, 6.45) is -3.83. The average molecular weight is 444 g/mol. The van der Waals surface area contributed by atoms with Crippen LogP contribution in [-0.4, -0.2) is 60.2 Å². The lowest BCUT2D eigenvalue weighted by Gasteiger charge is -2.51. The van der Waals surface area contributed by atoms with Gasteiger partial charge in [-0.25, -0.2) is 22.4 Å². The Kier molecular flexibility index (Phi) is 5.57. The van der Waals surface area contributed by atoms with Crippen molar-refractivity contribution in [2.75, 3.05) is 13.3 Å². The van der Waals surface area contributed by atoms with Crippen LogP contribution < -0.4 is 0 Å². The van der Waals surface area contributed by atoms with E-state index in [1.807, 2.05) is 0 Å². The van der Waals surface area contributed by atoms with Gasteiger partial charge in [0, 0.05) is 6.08 Å². The van der Waals surface area contributed by atoms with Crippen molar-refractivity contribution < 1.29 is 66.6 Å². The Morgan fingerprint density at radius 3 is 1.61 bits per heavy atom. The topological polar surface area (TPSA) is 26.3 Å². The van der Waals surface area contributed by atoms with Gasteiger partial charge in [-0.15, -0.1) is 0 Å². The van der Waals surface area contributed by atoms with Crippen LogP contribution in [-0.2, 0) is 9.53 Å². The van der Waals surface area contributed by atoms with Crippen molar-refractivity contribution in [2.24, 2.45) is 0 Å². The van der Waals surface area contributed by atoms with E-state index in [1.165, 1.54) is 0 Å². The third-order valence-corrected chi connectivity index (χ3v) is 4.15. The zero-order chi connectivity index (χ0) is 22.6. The first-order chi connectivity index (χ1) is 12.3. The Morgan fingerprint density at radius 2 is 1.25 bits per heavy atom. The van der Waals surface area contributed by atoms with Crippen LogP contribution in [0.5, 0.6) is 0 Å². The van der Waals surface area contributed by atoms with Gasteiger partial charge in [-0.1, -0.05) is 6.58 Å². The van der Waals surface area contributed by atoms with Crippen LogP contribution in [0.3, 0.4) is 0 Å². The van der Waals surface area contributed by atoms with Crippen molar-refractivity contribution in [3.05, 3.63) is 12.7 Å². The summed E-state index contributed by atoms with van der Waals surface area (Å²) in [6, 6.07) is 0. The number of alkyl halides is 13. The second-order valence-electron chi connectivity index (χ2n) is 5.86. The minimum atomic E-state index is -7.52. The van der Waals surface area contributed by atoms with Gasteiger partial charge in [0.25, 0.3) is 5.67 Å². The summed E-state index contributed by atoms with van der Waals surface area (Å²) in [5, 5.41) is 0. The molecule has 1 aliphatic rings. The standard InChI is InChI=1S/C13H9F13O2/c1-2-6(27)28-9(18)3-7(16,4-14)10(19,20)8(17,5-15)11(21,22)13(25,26)12(9,23)24/h2H,1,3-5H2. The molecule has 0 heterocycles. The highest BCUT2D eigenvalue weighted by molar-refractivity contribution is 5.81. The molecule has 1 aliphatic carbocycles. The predicted octanol–water partition coefficient (Wildman–Crippen LogP) is 4.68. The van der Waals surface area contributed by atoms with Crippen molar-refractivity contribution in [1.29, 1.82) is 0 Å². The maximum Gasteiger partial charge on any atom is 0.384 e. The first-order valence-electron chi connectivity index (χ1n) is 6.84. The Labute approximate surface area is 147 Å².